The molecule has 0 aliphatic carbocycles. The van der Waals surface area contributed by atoms with E-state index in [0.717, 1.165) is 25.1 Å². The van der Waals surface area contributed by atoms with Crippen LogP contribution in [0.2, 0.25) is 0 Å². The van der Waals surface area contributed by atoms with Crippen molar-refractivity contribution in [2.45, 2.75) is 38.6 Å². The summed E-state index contributed by atoms with van der Waals surface area (Å²) in [5.41, 5.74) is 1.00. The molecule has 0 amide bonds. The summed E-state index contributed by atoms with van der Waals surface area (Å²) in [6, 6.07) is 8.03. The van der Waals surface area contributed by atoms with Gasteiger partial charge in [0.1, 0.15) is 5.75 Å². The number of ether oxygens (including phenoxy) is 2. The Hall–Kier alpha value is -1.55. The predicted molar refractivity (Wildman–Crippen MR) is 80.0 cm³/mol. The fourth-order valence-electron chi connectivity index (χ4n) is 2.27. The first-order valence-corrected chi connectivity index (χ1v) is 6.98. The first kappa shape index (κ1) is 16.5. The quantitative estimate of drug-likeness (QED) is 0.743. The molecule has 1 rings (SSSR count). The molecule has 1 aromatic carbocycles. The van der Waals surface area contributed by atoms with Crippen LogP contribution in [0.15, 0.2) is 24.3 Å². The van der Waals surface area contributed by atoms with Crippen LogP contribution in [-0.2, 0) is 16.0 Å². The zero-order valence-corrected chi connectivity index (χ0v) is 12.9. The molecule has 0 radical (unpaired) electrons. The Balaban J connectivity index is 2.62. The minimum absolute atomic E-state index is 0.178. The van der Waals surface area contributed by atoms with E-state index in [1.54, 1.807) is 7.11 Å². The largest absolute Gasteiger partial charge is 0.497 e. The maximum atomic E-state index is 11.5. The van der Waals surface area contributed by atoms with E-state index in [1.165, 1.54) is 12.7 Å². The van der Waals surface area contributed by atoms with E-state index in [0.29, 0.717) is 6.42 Å². The maximum Gasteiger partial charge on any atom is 0.307 e. The Bertz CT molecular complexity index is 416. The van der Waals surface area contributed by atoms with Crippen molar-refractivity contribution in [1.29, 1.82) is 0 Å². The first-order chi connectivity index (χ1) is 9.53. The maximum absolute atomic E-state index is 11.5. The highest BCUT2D eigenvalue weighted by Gasteiger charge is 2.26. The van der Waals surface area contributed by atoms with Crippen LogP contribution >= 0.6 is 0 Å². The fraction of sp³-hybridized carbons (Fsp3) is 0.562. The van der Waals surface area contributed by atoms with E-state index in [9.17, 15) is 4.79 Å². The highest BCUT2D eigenvalue weighted by Crippen LogP contribution is 2.20. The smallest absolute Gasteiger partial charge is 0.307 e. The minimum atomic E-state index is -0.234. The average molecular weight is 279 g/mol. The zero-order chi connectivity index (χ0) is 15.0. The highest BCUT2D eigenvalue weighted by molar-refractivity contribution is 5.70. The Morgan fingerprint density at radius 3 is 2.40 bits per heavy atom. The lowest BCUT2D eigenvalue weighted by molar-refractivity contribution is -0.142. The van der Waals surface area contributed by atoms with E-state index in [-0.39, 0.29) is 11.5 Å². The van der Waals surface area contributed by atoms with Gasteiger partial charge in [-0.15, -0.1) is 0 Å². The van der Waals surface area contributed by atoms with Crippen LogP contribution in [0.3, 0.4) is 0 Å². The van der Waals surface area contributed by atoms with Crippen LogP contribution in [0, 0.1) is 0 Å². The van der Waals surface area contributed by atoms with E-state index in [2.05, 4.69) is 24.4 Å². The third-order valence-electron chi connectivity index (χ3n) is 3.49. The molecule has 1 unspecified atom stereocenters. The van der Waals surface area contributed by atoms with Gasteiger partial charge in [-0.05, 0) is 44.0 Å². The topological polar surface area (TPSA) is 47.6 Å². The number of aryl methyl sites for hydroxylation is 1. The van der Waals surface area contributed by atoms with Crippen LogP contribution < -0.4 is 10.1 Å². The molecule has 0 saturated carbocycles. The van der Waals surface area contributed by atoms with Crippen LogP contribution in [0.5, 0.6) is 5.75 Å². The molecule has 0 aromatic heterocycles. The molecule has 1 N–H and O–H groups in total. The minimum Gasteiger partial charge on any atom is -0.497 e. The van der Waals surface area contributed by atoms with E-state index in [4.69, 9.17) is 9.47 Å². The Morgan fingerprint density at radius 2 is 1.90 bits per heavy atom. The SMILES string of the molecule is CCNC(C)(CCc1ccc(OC)cc1)CC(=O)OC. The Labute approximate surface area is 121 Å². The molecule has 1 aromatic rings. The average Bonchev–Trinajstić information content (AvgIpc) is 2.46. The monoisotopic (exact) mass is 279 g/mol. The zero-order valence-electron chi connectivity index (χ0n) is 12.9. The summed E-state index contributed by atoms with van der Waals surface area (Å²) >= 11 is 0. The van der Waals surface area contributed by atoms with E-state index in [1.807, 2.05) is 19.1 Å². The summed E-state index contributed by atoms with van der Waals surface area (Å²) in [7, 11) is 3.09. The number of benzene rings is 1. The van der Waals surface area contributed by atoms with Gasteiger partial charge in [-0.1, -0.05) is 19.1 Å². The molecular weight excluding hydrogens is 254 g/mol. The number of rotatable bonds is 8. The molecule has 0 heterocycles. The van der Waals surface area contributed by atoms with Crippen molar-refractivity contribution >= 4 is 5.97 Å². The first-order valence-electron chi connectivity index (χ1n) is 6.98. The van der Waals surface area contributed by atoms with E-state index >= 15 is 0 Å². The van der Waals surface area contributed by atoms with Crippen molar-refractivity contribution < 1.29 is 14.3 Å². The van der Waals surface area contributed by atoms with Crippen molar-refractivity contribution in [3.05, 3.63) is 29.8 Å². The number of hydrogen-bond donors (Lipinski definition) is 1. The molecule has 112 valence electrons. The van der Waals surface area contributed by atoms with Crippen molar-refractivity contribution in [3.8, 4) is 5.75 Å². The molecule has 20 heavy (non-hydrogen) atoms. The molecule has 4 heteroatoms. The molecule has 0 spiro atoms. The lowest BCUT2D eigenvalue weighted by atomic mass is 9.90. The second kappa shape index (κ2) is 7.90. The van der Waals surface area contributed by atoms with Gasteiger partial charge in [0.05, 0.1) is 20.6 Å². The van der Waals surface area contributed by atoms with Crippen molar-refractivity contribution in [1.82, 2.24) is 5.32 Å². The van der Waals surface area contributed by atoms with Crippen molar-refractivity contribution in [2.24, 2.45) is 0 Å². The third kappa shape index (κ3) is 5.21. The molecule has 0 aliphatic rings. The predicted octanol–water partition coefficient (Wildman–Crippen LogP) is 2.56. The van der Waals surface area contributed by atoms with Gasteiger partial charge in [0.15, 0.2) is 0 Å². The molecule has 0 fully saturated rings. The Kier molecular flexibility index (Phi) is 6.52. The Morgan fingerprint density at radius 1 is 1.25 bits per heavy atom. The second-order valence-electron chi connectivity index (χ2n) is 5.19. The number of esters is 1. The van der Waals surface area contributed by atoms with Gasteiger partial charge in [-0.25, -0.2) is 0 Å². The van der Waals surface area contributed by atoms with Crippen molar-refractivity contribution in [2.75, 3.05) is 20.8 Å². The summed E-state index contributed by atoms with van der Waals surface area (Å²) < 4.78 is 9.93. The number of hydrogen-bond acceptors (Lipinski definition) is 4. The third-order valence-corrected chi connectivity index (χ3v) is 3.49. The molecule has 0 aliphatic heterocycles. The standard InChI is InChI=1S/C16H25NO3/c1-5-17-16(2,12-15(18)20-4)11-10-13-6-8-14(19-3)9-7-13/h6-9,17H,5,10-12H2,1-4H3. The summed E-state index contributed by atoms with van der Waals surface area (Å²) in [6.07, 6.45) is 2.17. The normalized spacial score (nSPS) is 13.6. The number of carbonyl (C=O) groups is 1. The van der Waals surface area contributed by atoms with Crippen LogP contribution in [0.4, 0.5) is 0 Å². The second-order valence-corrected chi connectivity index (χ2v) is 5.19. The lowest BCUT2D eigenvalue weighted by Gasteiger charge is -2.29. The molecule has 1 atom stereocenters. The number of methoxy groups -OCH3 is 2. The van der Waals surface area contributed by atoms with Crippen LogP contribution in [-0.4, -0.2) is 32.3 Å². The van der Waals surface area contributed by atoms with Gasteiger partial charge in [-0.3, -0.25) is 4.79 Å². The number of nitrogens with one attached hydrogen (secondary N) is 1. The van der Waals surface area contributed by atoms with Gasteiger partial charge in [0.2, 0.25) is 0 Å². The van der Waals surface area contributed by atoms with Crippen molar-refractivity contribution in [3.63, 3.8) is 0 Å². The highest BCUT2D eigenvalue weighted by atomic mass is 16.5. The fourth-order valence-corrected chi connectivity index (χ4v) is 2.27. The molecule has 4 nitrogen and oxygen atoms in total. The van der Waals surface area contributed by atoms with Gasteiger partial charge >= 0.3 is 5.97 Å². The summed E-state index contributed by atoms with van der Waals surface area (Å²) in [4.78, 5) is 11.5. The molecule has 0 bridgehead atoms. The van der Waals surface area contributed by atoms with E-state index < -0.39 is 0 Å². The van der Waals surface area contributed by atoms with Gasteiger partial charge in [0.25, 0.3) is 0 Å². The molecule has 0 saturated heterocycles. The summed E-state index contributed by atoms with van der Waals surface area (Å²) in [5, 5.41) is 3.39. The van der Waals surface area contributed by atoms with Gasteiger partial charge < -0.3 is 14.8 Å². The molecular formula is C16H25NO3. The van der Waals surface area contributed by atoms with Crippen LogP contribution in [0.25, 0.3) is 0 Å². The van der Waals surface area contributed by atoms with Crippen LogP contribution in [0.1, 0.15) is 32.3 Å². The number of carbonyl (C=O) groups excluding carboxylic acids is 1. The van der Waals surface area contributed by atoms with Gasteiger partial charge in [-0.2, -0.15) is 0 Å². The summed E-state index contributed by atoms with van der Waals surface area (Å²) in [6.45, 7) is 4.94. The lowest BCUT2D eigenvalue weighted by Crippen LogP contribution is -2.44. The summed E-state index contributed by atoms with van der Waals surface area (Å²) in [5.74, 6) is 0.681. The van der Waals surface area contributed by atoms with Gasteiger partial charge in [0, 0.05) is 5.54 Å².